The highest BCUT2D eigenvalue weighted by atomic mass is 79.9. The van der Waals surface area contributed by atoms with Crippen LogP contribution in [0.1, 0.15) is 12.0 Å². The zero-order valence-electron chi connectivity index (χ0n) is 13.1. The lowest BCUT2D eigenvalue weighted by Crippen LogP contribution is -2.49. The van der Waals surface area contributed by atoms with Gasteiger partial charge >= 0.3 is 0 Å². The molecule has 2 aliphatic rings. The van der Waals surface area contributed by atoms with Crippen LogP contribution in [0.5, 0.6) is 5.75 Å². The Morgan fingerprint density at radius 2 is 2.05 bits per heavy atom. The fourth-order valence-electron chi connectivity index (χ4n) is 3.39. The van der Waals surface area contributed by atoms with Crippen LogP contribution >= 0.6 is 28.3 Å². The monoisotopic (exact) mass is 389 g/mol. The molecule has 0 radical (unpaired) electrons. The van der Waals surface area contributed by atoms with Crippen LogP contribution in [0.3, 0.4) is 0 Å². The Morgan fingerprint density at radius 1 is 1.27 bits per heavy atom. The molecule has 0 aliphatic carbocycles. The predicted molar refractivity (Wildman–Crippen MR) is 96.1 cm³/mol. The number of hydrogen-bond donors (Lipinski definition) is 1. The lowest BCUT2D eigenvalue weighted by molar-refractivity contribution is 0.170. The van der Waals surface area contributed by atoms with E-state index in [0.29, 0.717) is 0 Å². The number of likely N-dealkylation sites (tertiary alicyclic amines) is 1. The molecule has 1 atom stereocenters. The largest absolute Gasteiger partial charge is 0.496 e. The summed E-state index contributed by atoms with van der Waals surface area (Å²) < 4.78 is 6.58. The molecule has 1 N–H and O–H groups in total. The quantitative estimate of drug-likeness (QED) is 0.854. The minimum Gasteiger partial charge on any atom is -0.496 e. The fraction of sp³-hybridized carbons (Fsp3) is 0.625. The van der Waals surface area contributed by atoms with E-state index < -0.39 is 0 Å². The van der Waals surface area contributed by atoms with Gasteiger partial charge in [-0.05, 0) is 18.6 Å². The molecule has 124 valence electrons. The first-order valence-electron chi connectivity index (χ1n) is 7.76. The van der Waals surface area contributed by atoms with Crippen molar-refractivity contribution in [2.24, 2.45) is 0 Å². The van der Waals surface area contributed by atoms with Crippen LogP contribution in [0.25, 0.3) is 0 Å². The summed E-state index contributed by atoms with van der Waals surface area (Å²) in [7, 11) is 1.75. The van der Waals surface area contributed by atoms with E-state index in [0.717, 1.165) is 35.9 Å². The van der Waals surface area contributed by atoms with Crippen molar-refractivity contribution in [3.8, 4) is 5.75 Å². The summed E-state index contributed by atoms with van der Waals surface area (Å²) >= 11 is 3.51. The number of piperazine rings is 1. The molecule has 4 nitrogen and oxygen atoms in total. The van der Waals surface area contributed by atoms with E-state index in [-0.39, 0.29) is 12.4 Å². The van der Waals surface area contributed by atoms with E-state index in [2.05, 4.69) is 49.2 Å². The SMILES string of the molecule is COc1cc(Br)ccc1CN1CCC(N2CCNCC2)C1.Cl. The first kappa shape index (κ1) is 18.0. The van der Waals surface area contributed by atoms with Gasteiger partial charge in [0.1, 0.15) is 5.75 Å². The van der Waals surface area contributed by atoms with Gasteiger partial charge < -0.3 is 10.1 Å². The second kappa shape index (κ2) is 8.50. The fourth-order valence-corrected chi connectivity index (χ4v) is 3.73. The van der Waals surface area contributed by atoms with Crippen molar-refractivity contribution in [1.29, 1.82) is 0 Å². The molecule has 2 aliphatic heterocycles. The van der Waals surface area contributed by atoms with Crippen LogP contribution in [0, 0.1) is 0 Å². The molecule has 0 aromatic heterocycles. The van der Waals surface area contributed by atoms with Crippen molar-refractivity contribution in [2.45, 2.75) is 19.0 Å². The van der Waals surface area contributed by atoms with Crippen molar-refractivity contribution in [1.82, 2.24) is 15.1 Å². The third kappa shape index (κ3) is 4.36. The Labute approximate surface area is 147 Å². The van der Waals surface area contributed by atoms with Crippen molar-refractivity contribution in [3.63, 3.8) is 0 Å². The number of rotatable bonds is 4. The second-order valence-electron chi connectivity index (χ2n) is 5.92. The highest BCUT2D eigenvalue weighted by molar-refractivity contribution is 9.10. The number of benzene rings is 1. The number of methoxy groups -OCH3 is 1. The van der Waals surface area contributed by atoms with Gasteiger partial charge in [-0.3, -0.25) is 9.80 Å². The van der Waals surface area contributed by atoms with E-state index in [9.17, 15) is 0 Å². The van der Waals surface area contributed by atoms with Gasteiger partial charge in [0.15, 0.2) is 0 Å². The molecule has 1 aromatic rings. The normalized spacial score (nSPS) is 23.3. The average Bonchev–Trinajstić information content (AvgIpc) is 2.98. The minimum atomic E-state index is 0. The smallest absolute Gasteiger partial charge is 0.124 e. The van der Waals surface area contributed by atoms with Gasteiger partial charge in [-0.25, -0.2) is 0 Å². The van der Waals surface area contributed by atoms with Crippen molar-refractivity contribution in [2.75, 3.05) is 46.4 Å². The van der Waals surface area contributed by atoms with E-state index in [4.69, 9.17) is 4.74 Å². The highest BCUT2D eigenvalue weighted by Crippen LogP contribution is 2.26. The van der Waals surface area contributed by atoms with E-state index in [1.165, 1.54) is 38.2 Å². The van der Waals surface area contributed by atoms with Crippen molar-refractivity contribution in [3.05, 3.63) is 28.2 Å². The zero-order chi connectivity index (χ0) is 14.7. The summed E-state index contributed by atoms with van der Waals surface area (Å²) in [6.07, 6.45) is 1.29. The number of nitrogens with one attached hydrogen (secondary N) is 1. The first-order chi connectivity index (χ1) is 10.3. The Hall–Kier alpha value is -0.330. The summed E-state index contributed by atoms with van der Waals surface area (Å²) in [4.78, 5) is 5.20. The number of ether oxygens (including phenoxy) is 1. The maximum absolute atomic E-state index is 5.50. The maximum Gasteiger partial charge on any atom is 0.124 e. The summed E-state index contributed by atoms with van der Waals surface area (Å²) in [6, 6.07) is 7.05. The first-order valence-corrected chi connectivity index (χ1v) is 8.55. The van der Waals surface area contributed by atoms with Gasteiger partial charge in [0, 0.05) is 61.9 Å². The lowest BCUT2D eigenvalue weighted by Gasteiger charge is -2.32. The maximum atomic E-state index is 5.50. The molecule has 2 heterocycles. The number of halogens is 2. The molecule has 1 unspecified atom stereocenters. The van der Waals surface area contributed by atoms with Gasteiger partial charge in [-0.15, -0.1) is 12.4 Å². The molecule has 0 bridgehead atoms. The minimum absolute atomic E-state index is 0. The molecule has 3 rings (SSSR count). The van der Waals surface area contributed by atoms with E-state index in [1.807, 2.05) is 0 Å². The third-order valence-electron chi connectivity index (χ3n) is 4.56. The van der Waals surface area contributed by atoms with Gasteiger partial charge in [-0.2, -0.15) is 0 Å². The van der Waals surface area contributed by atoms with Crippen LogP contribution in [0.2, 0.25) is 0 Å². The summed E-state index contributed by atoms with van der Waals surface area (Å²) in [5.74, 6) is 0.981. The molecule has 6 heteroatoms. The Morgan fingerprint density at radius 3 is 2.77 bits per heavy atom. The molecule has 2 fully saturated rings. The molecule has 0 amide bonds. The standard InChI is InChI=1S/C16H24BrN3O.ClH/c1-21-16-10-14(17)3-2-13(16)11-19-7-4-15(12-19)20-8-5-18-6-9-20;/h2-3,10,15,18H,4-9,11-12H2,1H3;1H. The highest BCUT2D eigenvalue weighted by Gasteiger charge is 2.28. The predicted octanol–water partition coefficient (Wildman–Crippen LogP) is 2.36. The van der Waals surface area contributed by atoms with Crippen molar-refractivity contribution < 1.29 is 4.74 Å². The van der Waals surface area contributed by atoms with E-state index in [1.54, 1.807) is 7.11 Å². The van der Waals surface area contributed by atoms with Gasteiger partial charge in [-0.1, -0.05) is 22.0 Å². The summed E-state index contributed by atoms with van der Waals surface area (Å²) in [5, 5.41) is 3.43. The molecular formula is C16H25BrClN3O. The second-order valence-corrected chi connectivity index (χ2v) is 6.84. The molecular weight excluding hydrogens is 366 g/mol. The topological polar surface area (TPSA) is 27.7 Å². The van der Waals surface area contributed by atoms with Crippen LogP contribution in [-0.4, -0.2) is 62.2 Å². The Bertz CT molecular complexity index is 482. The zero-order valence-corrected chi connectivity index (χ0v) is 15.5. The van der Waals surface area contributed by atoms with Gasteiger partial charge in [0.2, 0.25) is 0 Å². The molecule has 0 spiro atoms. The van der Waals surface area contributed by atoms with Crippen LogP contribution in [-0.2, 0) is 6.54 Å². The lowest BCUT2D eigenvalue weighted by atomic mass is 10.2. The van der Waals surface area contributed by atoms with Crippen molar-refractivity contribution >= 4 is 28.3 Å². The third-order valence-corrected chi connectivity index (χ3v) is 5.05. The molecule has 22 heavy (non-hydrogen) atoms. The summed E-state index contributed by atoms with van der Waals surface area (Å²) in [6.45, 7) is 8.01. The Balaban J connectivity index is 0.00000176. The Kier molecular flexibility index (Phi) is 6.96. The van der Waals surface area contributed by atoms with E-state index >= 15 is 0 Å². The van der Waals surface area contributed by atoms with Crippen LogP contribution < -0.4 is 10.1 Å². The summed E-state index contributed by atoms with van der Waals surface area (Å²) in [5.41, 5.74) is 1.28. The molecule has 1 aromatic carbocycles. The van der Waals surface area contributed by atoms with Gasteiger partial charge in [0.05, 0.1) is 7.11 Å². The van der Waals surface area contributed by atoms with Crippen LogP contribution in [0.15, 0.2) is 22.7 Å². The number of nitrogens with zero attached hydrogens (tertiary/aromatic N) is 2. The van der Waals surface area contributed by atoms with Gasteiger partial charge in [0.25, 0.3) is 0 Å². The molecule has 0 saturated carbocycles. The van der Waals surface area contributed by atoms with Crippen LogP contribution in [0.4, 0.5) is 0 Å². The number of hydrogen-bond acceptors (Lipinski definition) is 4. The average molecular weight is 391 g/mol. The molecule has 2 saturated heterocycles.